The Morgan fingerprint density at radius 3 is 2.41 bits per heavy atom. The van der Waals surface area contributed by atoms with Crippen LogP contribution < -0.4 is 15.4 Å². The molecule has 0 bridgehead atoms. The summed E-state index contributed by atoms with van der Waals surface area (Å²) < 4.78 is 31.9. The second-order valence-corrected chi connectivity index (χ2v) is 16.6. The van der Waals surface area contributed by atoms with Crippen molar-refractivity contribution in [2.45, 2.75) is 73.7 Å². The number of phenols is 1. The van der Waals surface area contributed by atoms with Crippen LogP contribution in [0.1, 0.15) is 61.7 Å². The van der Waals surface area contributed by atoms with E-state index < -0.39 is 55.0 Å². The Morgan fingerprint density at radius 1 is 0.964 bits per heavy atom. The lowest BCUT2D eigenvalue weighted by Crippen LogP contribution is -2.32. The Balaban J connectivity index is 1.19. The molecule has 0 spiro atoms. The zero-order chi connectivity index (χ0) is 39.7. The van der Waals surface area contributed by atoms with Crippen molar-refractivity contribution in [1.29, 1.82) is 0 Å². The van der Waals surface area contributed by atoms with Gasteiger partial charge in [0.05, 0.1) is 22.3 Å². The minimum Gasteiger partial charge on any atom is -0.502 e. The summed E-state index contributed by atoms with van der Waals surface area (Å²) in [5.74, 6) is -0.705. The number of phenolic OH excluding ortho intramolecular Hbond substituents is 1. The maximum absolute atomic E-state index is 13.8. The summed E-state index contributed by atoms with van der Waals surface area (Å²) in [4.78, 5) is 40.6. The number of imidazole rings is 1. The van der Waals surface area contributed by atoms with Gasteiger partial charge in [-0.2, -0.15) is 0 Å². The smallest absolute Gasteiger partial charge is 0.404 e. The zero-order valence-corrected chi connectivity index (χ0v) is 32.2. The first-order valence-corrected chi connectivity index (χ1v) is 21.0. The number of amides is 2. The lowest BCUT2D eigenvalue weighted by molar-refractivity contribution is -0.385. The summed E-state index contributed by atoms with van der Waals surface area (Å²) in [5.41, 5.74) is 2.31. The first-order chi connectivity index (χ1) is 27.0. The zero-order valence-electron chi connectivity index (χ0n) is 30.6. The number of carbonyl (C=O) groups is 2. The molecule has 1 heterocycles. The topological polar surface area (TPSA) is 206 Å². The number of carbonyl (C=O) groups excluding carboxylic acids is 1. The van der Waals surface area contributed by atoms with Gasteiger partial charge in [0.1, 0.15) is 10.6 Å². The van der Waals surface area contributed by atoms with Crippen LogP contribution in [0.4, 0.5) is 16.2 Å². The molecule has 0 radical (unpaired) electrons. The normalized spacial score (nSPS) is 13.9. The molecular formula is C40H44N6O8S2. The molecule has 5 aromatic rings. The van der Waals surface area contributed by atoms with E-state index in [1.807, 2.05) is 59.6 Å². The van der Waals surface area contributed by atoms with Crippen LogP contribution in [-0.2, 0) is 16.6 Å². The fraction of sp³-hybridized carbons (Fsp3) is 0.325. The van der Waals surface area contributed by atoms with Crippen LogP contribution in [0.5, 0.6) is 5.75 Å². The molecule has 0 unspecified atom stereocenters. The number of anilines is 1. The van der Waals surface area contributed by atoms with Crippen LogP contribution in [0.3, 0.4) is 0 Å². The van der Waals surface area contributed by atoms with E-state index in [1.54, 1.807) is 12.1 Å². The summed E-state index contributed by atoms with van der Waals surface area (Å²) in [7, 11) is -4.73. The Hall–Kier alpha value is -5.61. The van der Waals surface area contributed by atoms with Gasteiger partial charge in [-0.05, 0) is 97.7 Å². The minimum absolute atomic E-state index is 0.0464. The van der Waals surface area contributed by atoms with Gasteiger partial charge >= 0.3 is 11.8 Å². The van der Waals surface area contributed by atoms with Crippen molar-refractivity contribution in [3.63, 3.8) is 0 Å². The second kappa shape index (κ2) is 18.3. The molecule has 1 aliphatic carbocycles. The van der Waals surface area contributed by atoms with Crippen LogP contribution in [0.25, 0.3) is 22.2 Å². The predicted molar refractivity (Wildman–Crippen MR) is 216 cm³/mol. The molecule has 0 aliphatic heterocycles. The predicted octanol–water partition coefficient (Wildman–Crippen LogP) is 8.03. The number of aromatic nitrogens is 2. The molecule has 1 aliphatic rings. The Labute approximate surface area is 328 Å². The van der Waals surface area contributed by atoms with Crippen LogP contribution in [0, 0.1) is 16.0 Å². The lowest BCUT2D eigenvalue weighted by atomic mass is 9.89. The highest BCUT2D eigenvalue weighted by Gasteiger charge is 2.32. The number of nitrogens with zero attached hydrogens (tertiary/aromatic N) is 3. The van der Waals surface area contributed by atoms with E-state index in [1.165, 1.54) is 56.0 Å². The Bertz CT molecular complexity index is 2280. The summed E-state index contributed by atoms with van der Waals surface area (Å²) in [6, 6.07) is 23.1. The van der Waals surface area contributed by atoms with E-state index in [9.17, 15) is 33.2 Å². The number of thioether (sulfide) groups is 1. The fourth-order valence-electron chi connectivity index (χ4n) is 7.02. The number of nitrogens with one attached hydrogen (secondary N) is 3. The van der Waals surface area contributed by atoms with E-state index in [0.717, 1.165) is 45.7 Å². The number of hydrogen-bond donors (Lipinski definition) is 5. The third kappa shape index (κ3) is 10.2. The second-order valence-electron chi connectivity index (χ2n) is 13.9. The molecule has 56 heavy (non-hydrogen) atoms. The number of sulfonamides is 1. The van der Waals surface area contributed by atoms with Crippen molar-refractivity contribution >= 4 is 56.2 Å². The first-order valence-electron chi connectivity index (χ1n) is 18.5. The Morgan fingerprint density at radius 2 is 1.70 bits per heavy atom. The van der Waals surface area contributed by atoms with Crippen molar-refractivity contribution in [3.8, 4) is 16.9 Å². The van der Waals surface area contributed by atoms with Crippen molar-refractivity contribution in [1.82, 2.24) is 19.6 Å². The molecule has 0 saturated heterocycles. The third-order valence-electron chi connectivity index (χ3n) is 9.90. The highest BCUT2D eigenvalue weighted by atomic mass is 32.2. The maximum atomic E-state index is 13.8. The number of rotatable bonds is 17. The lowest BCUT2D eigenvalue weighted by Gasteiger charge is -2.22. The summed E-state index contributed by atoms with van der Waals surface area (Å²) in [6.45, 7) is 1.13. The number of aromatic hydroxyl groups is 1. The SMILES string of the molecule is O=C(O)NCCCC[C@H](CSc1ccccc1)Nc1c(S(=O)(=O)NC(=O)c2ccc(-c3ccc4c(c3)ncn4CC3CCCCC3)cc2)ccc(O)c1[N+](=O)[O-]. The number of unbranched alkanes of at least 4 members (excludes halogenated alkanes) is 1. The fourth-order valence-corrected chi connectivity index (χ4v) is 9.16. The van der Waals surface area contributed by atoms with E-state index in [-0.39, 0.29) is 12.1 Å². The summed E-state index contributed by atoms with van der Waals surface area (Å²) in [5, 5.41) is 37.0. The van der Waals surface area contributed by atoms with Gasteiger partial charge in [0.15, 0.2) is 5.75 Å². The molecule has 4 aromatic carbocycles. The highest BCUT2D eigenvalue weighted by Crippen LogP contribution is 2.40. The summed E-state index contributed by atoms with van der Waals surface area (Å²) in [6.07, 6.45) is 8.36. The van der Waals surface area contributed by atoms with Crippen molar-refractivity contribution in [3.05, 3.63) is 107 Å². The van der Waals surface area contributed by atoms with Crippen molar-refractivity contribution in [2.75, 3.05) is 17.6 Å². The monoisotopic (exact) mass is 800 g/mol. The largest absolute Gasteiger partial charge is 0.502 e. The van der Waals surface area contributed by atoms with Gasteiger partial charge in [-0.15, -0.1) is 11.8 Å². The third-order valence-corrected chi connectivity index (χ3v) is 12.4. The van der Waals surface area contributed by atoms with Crippen LogP contribution >= 0.6 is 11.8 Å². The average molecular weight is 801 g/mol. The van der Waals surface area contributed by atoms with Gasteiger partial charge in [-0.25, -0.2) is 22.9 Å². The van der Waals surface area contributed by atoms with Crippen LogP contribution in [0.15, 0.2) is 101 Å². The Kier molecular flexibility index (Phi) is 13.1. The van der Waals surface area contributed by atoms with Crippen molar-refractivity contribution < 1.29 is 33.1 Å². The van der Waals surface area contributed by atoms with Crippen LogP contribution in [0.2, 0.25) is 0 Å². The molecule has 14 nitrogen and oxygen atoms in total. The van der Waals surface area contributed by atoms with E-state index >= 15 is 0 Å². The van der Waals surface area contributed by atoms with E-state index in [0.29, 0.717) is 30.9 Å². The number of hydrogen-bond acceptors (Lipinski definition) is 10. The number of nitro groups is 1. The number of carboxylic acid groups (broad SMARTS) is 1. The van der Waals surface area contributed by atoms with Gasteiger partial charge < -0.3 is 25.4 Å². The van der Waals surface area contributed by atoms with Gasteiger partial charge in [-0.3, -0.25) is 14.9 Å². The minimum atomic E-state index is -4.73. The molecule has 294 valence electrons. The quantitative estimate of drug-likeness (QED) is 0.0263. The summed E-state index contributed by atoms with van der Waals surface area (Å²) >= 11 is 1.43. The molecule has 16 heteroatoms. The van der Waals surface area contributed by atoms with E-state index in [2.05, 4.69) is 20.2 Å². The van der Waals surface area contributed by atoms with Crippen molar-refractivity contribution in [2.24, 2.45) is 5.92 Å². The molecule has 1 aromatic heterocycles. The average Bonchev–Trinajstić information content (AvgIpc) is 3.58. The molecule has 5 N–H and O–H groups in total. The van der Waals surface area contributed by atoms with Gasteiger partial charge in [0, 0.05) is 35.3 Å². The molecule has 1 fully saturated rings. The maximum Gasteiger partial charge on any atom is 0.404 e. The van der Waals surface area contributed by atoms with Gasteiger partial charge in [-0.1, -0.05) is 55.7 Å². The molecule has 2 amide bonds. The van der Waals surface area contributed by atoms with Gasteiger partial charge in [0.2, 0.25) is 0 Å². The molecule has 6 rings (SSSR count). The highest BCUT2D eigenvalue weighted by molar-refractivity contribution is 7.99. The van der Waals surface area contributed by atoms with Crippen LogP contribution in [-0.4, -0.2) is 63.4 Å². The molecule has 1 atom stereocenters. The number of fused-ring (bicyclic) bond motifs is 1. The number of nitro benzene ring substituents is 1. The standard InChI is InChI=1S/C40H44N6O8S2/c47-35-20-21-36(37(38(35)46(51)52)43-31(11-7-8-22-41-40(49)50)25-55-32-12-5-2-6-13-32)56(53,54)44-39(48)29-16-14-28(15-17-29)30-18-19-34-33(23-30)42-26-45(34)24-27-9-3-1-4-10-27/h2,5-6,12-21,23,26-27,31,41,43,47H,1,3-4,7-11,22,24-25H2,(H,44,48)(H,49,50)/t31-/m1/s1. The number of benzene rings is 4. The first kappa shape index (κ1) is 40.1. The van der Waals surface area contributed by atoms with Gasteiger partial charge in [0.25, 0.3) is 15.9 Å². The molecule has 1 saturated carbocycles. The molecular weight excluding hydrogens is 757 g/mol. The van der Waals surface area contributed by atoms with E-state index in [4.69, 9.17) is 5.11 Å².